The first-order chi connectivity index (χ1) is 11.5. The van der Waals surface area contributed by atoms with E-state index in [0.29, 0.717) is 28.9 Å². The number of amides is 1. The Bertz CT molecular complexity index is 816. The molecule has 2 aromatic rings. The predicted octanol–water partition coefficient (Wildman–Crippen LogP) is 2.15. The van der Waals surface area contributed by atoms with Crippen LogP contribution in [0.25, 0.3) is 0 Å². The van der Waals surface area contributed by atoms with Crippen LogP contribution in [0.15, 0.2) is 0 Å². The van der Waals surface area contributed by atoms with Crippen LogP contribution >= 0.6 is 0 Å². The zero-order valence-electron chi connectivity index (χ0n) is 14.4. The normalized spacial score (nSPS) is 13.0. The van der Waals surface area contributed by atoms with Crippen molar-refractivity contribution in [2.75, 3.05) is 12.4 Å². The zero-order valence-corrected chi connectivity index (χ0v) is 14.4. The fourth-order valence-corrected chi connectivity index (χ4v) is 3.38. The quantitative estimate of drug-likeness (QED) is 0.841. The predicted molar refractivity (Wildman–Crippen MR) is 89.4 cm³/mol. The van der Waals surface area contributed by atoms with Gasteiger partial charge in [0.2, 0.25) is 0 Å². The fraction of sp³-hybridized carbons (Fsp3) is 0.471. The van der Waals surface area contributed by atoms with Gasteiger partial charge in [-0.05, 0) is 38.2 Å². The van der Waals surface area contributed by atoms with Crippen LogP contribution in [0, 0.1) is 6.92 Å². The van der Waals surface area contributed by atoms with Gasteiger partial charge in [-0.25, -0.2) is 4.79 Å². The number of methoxy groups -OCH3 is 1. The highest BCUT2D eigenvalue weighted by Gasteiger charge is 2.26. The highest BCUT2D eigenvalue weighted by atomic mass is 16.5. The number of esters is 1. The molecule has 0 atom stereocenters. The third-order valence-corrected chi connectivity index (χ3v) is 4.60. The smallest absolute Gasteiger partial charge is 0.339 e. The zero-order chi connectivity index (χ0) is 17.4. The number of rotatable bonds is 4. The molecule has 0 spiro atoms. The molecule has 0 saturated heterocycles. The topological polar surface area (TPSA) is 89.0 Å². The van der Waals surface area contributed by atoms with E-state index in [1.165, 1.54) is 7.11 Å². The van der Waals surface area contributed by atoms with Crippen LogP contribution in [0.2, 0.25) is 0 Å². The van der Waals surface area contributed by atoms with Gasteiger partial charge in [-0.2, -0.15) is 5.10 Å². The number of fused-ring (bicyclic) bond motifs is 1. The second kappa shape index (κ2) is 6.14. The first-order valence-corrected chi connectivity index (χ1v) is 8.13. The Morgan fingerprint density at radius 3 is 2.79 bits per heavy atom. The molecule has 3 rings (SSSR count). The molecule has 7 nitrogen and oxygen atoms in total. The Kier molecular flexibility index (Phi) is 4.17. The lowest BCUT2D eigenvalue weighted by molar-refractivity contribution is 0.0599. The number of aryl methyl sites for hydroxylation is 3. The molecule has 2 aromatic heterocycles. The molecule has 128 valence electrons. The highest BCUT2D eigenvalue weighted by molar-refractivity contribution is 6.06. The number of carbonyl (C=O) groups excluding carboxylic acids is 2. The molecule has 2 N–H and O–H groups in total. The van der Waals surface area contributed by atoms with Crippen LogP contribution in [-0.4, -0.2) is 33.8 Å². The summed E-state index contributed by atoms with van der Waals surface area (Å²) in [5.41, 5.74) is 4.31. The van der Waals surface area contributed by atoms with Crippen LogP contribution in [0.1, 0.15) is 56.7 Å². The fourth-order valence-electron chi connectivity index (χ4n) is 3.38. The van der Waals surface area contributed by atoms with E-state index in [-0.39, 0.29) is 5.91 Å². The van der Waals surface area contributed by atoms with Crippen LogP contribution in [-0.2, 0) is 31.0 Å². The van der Waals surface area contributed by atoms with E-state index < -0.39 is 5.97 Å². The van der Waals surface area contributed by atoms with Gasteiger partial charge in [0.05, 0.1) is 18.4 Å². The Hall–Kier alpha value is -2.57. The second-order valence-electron chi connectivity index (χ2n) is 6.03. The second-order valence-corrected chi connectivity index (χ2v) is 6.03. The van der Waals surface area contributed by atoms with Crippen molar-refractivity contribution in [2.24, 2.45) is 7.05 Å². The Morgan fingerprint density at radius 2 is 2.12 bits per heavy atom. The van der Waals surface area contributed by atoms with Crippen LogP contribution in [0.5, 0.6) is 0 Å². The molecule has 2 heterocycles. The SMILES string of the molecule is CCc1[nH]c(C(=O)Nc2c3c(nn2C)CCC3)c(C)c1C(=O)OC. The van der Waals surface area contributed by atoms with E-state index in [1.54, 1.807) is 11.6 Å². The molecular weight excluding hydrogens is 308 g/mol. The molecule has 1 amide bonds. The Balaban J connectivity index is 1.94. The first kappa shape index (κ1) is 16.3. The lowest BCUT2D eigenvalue weighted by atomic mass is 10.1. The monoisotopic (exact) mass is 330 g/mol. The number of H-pyrrole nitrogens is 1. The van der Waals surface area contributed by atoms with Gasteiger partial charge in [-0.3, -0.25) is 9.48 Å². The van der Waals surface area contributed by atoms with Crippen molar-refractivity contribution in [1.82, 2.24) is 14.8 Å². The minimum Gasteiger partial charge on any atom is -0.465 e. The lowest BCUT2D eigenvalue weighted by Crippen LogP contribution is -2.17. The number of hydrogen-bond acceptors (Lipinski definition) is 4. The summed E-state index contributed by atoms with van der Waals surface area (Å²) >= 11 is 0. The van der Waals surface area contributed by atoms with E-state index in [0.717, 1.165) is 36.3 Å². The van der Waals surface area contributed by atoms with Gasteiger partial charge in [-0.15, -0.1) is 0 Å². The number of carbonyl (C=O) groups is 2. The molecule has 0 unspecified atom stereocenters. The lowest BCUT2D eigenvalue weighted by Gasteiger charge is -2.07. The third-order valence-electron chi connectivity index (χ3n) is 4.60. The largest absolute Gasteiger partial charge is 0.465 e. The molecule has 0 saturated carbocycles. The standard InChI is InChI=1S/C17H22N4O3/c1-5-11-13(17(23)24-4)9(2)14(18-11)16(22)19-15-10-7-6-8-12(10)20-21(15)3/h18H,5-8H2,1-4H3,(H,19,22). The van der Waals surface area contributed by atoms with E-state index >= 15 is 0 Å². The molecule has 0 radical (unpaired) electrons. The van der Waals surface area contributed by atoms with Gasteiger partial charge < -0.3 is 15.0 Å². The van der Waals surface area contributed by atoms with Gasteiger partial charge in [0.1, 0.15) is 11.5 Å². The maximum atomic E-state index is 12.7. The van der Waals surface area contributed by atoms with E-state index in [4.69, 9.17) is 4.74 Å². The summed E-state index contributed by atoms with van der Waals surface area (Å²) in [7, 11) is 3.17. The summed E-state index contributed by atoms with van der Waals surface area (Å²) in [6.07, 6.45) is 3.55. The van der Waals surface area contributed by atoms with Crippen molar-refractivity contribution in [3.63, 3.8) is 0 Å². The molecule has 0 aliphatic heterocycles. The molecule has 0 fully saturated rings. The van der Waals surface area contributed by atoms with E-state index in [9.17, 15) is 9.59 Å². The number of ether oxygens (including phenoxy) is 1. The van der Waals surface area contributed by atoms with Crippen molar-refractivity contribution in [1.29, 1.82) is 0 Å². The Morgan fingerprint density at radius 1 is 1.38 bits per heavy atom. The average molecular weight is 330 g/mol. The number of nitrogens with zero attached hydrogens (tertiary/aromatic N) is 2. The Labute approximate surface area is 140 Å². The van der Waals surface area contributed by atoms with Crippen LogP contribution in [0.4, 0.5) is 5.82 Å². The molecule has 1 aliphatic rings. The summed E-state index contributed by atoms with van der Waals surface area (Å²) in [4.78, 5) is 27.8. The van der Waals surface area contributed by atoms with Crippen molar-refractivity contribution < 1.29 is 14.3 Å². The van der Waals surface area contributed by atoms with Crippen molar-refractivity contribution in [2.45, 2.75) is 39.5 Å². The summed E-state index contributed by atoms with van der Waals surface area (Å²) in [6.45, 7) is 3.68. The molecular formula is C17H22N4O3. The molecule has 0 bridgehead atoms. The molecule has 24 heavy (non-hydrogen) atoms. The number of hydrogen-bond donors (Lipinski definition) is 2. The summed E-state index contributed by atoms with van der Waals surface area (Å²) in [5.74, 6) is 0.0373. The highest BCUT2D eigenvalue weighted by Crippen LogP contribution is 2.29. The first-order valence-electron chi connectivity index (χ1n) is 8.13. The van der Waals surface area contributed by atoms with Gasteiger partial charge in [0.25, 0.3) is 5.91 Å². The number of aromatic amines is 1. The van der Waals surface area contributed by atoms with Crippen molar-refractivity contribution >= 4 is 17.7 Å². The van der Waals surface area contributed by atoms with Gasteiger partial charge in [-0.1, -0.05) is 6.92 Å². The summed E-state index contributed by atoms with van der Waals surface area (Å²) in [6, 6.07) is 0. The van der Waals surface area contributed by atoms with Gasteiger partial charge in [0, 0.05) is 18.3 Å². The molecule has 1 aliphatic carbocycles. The minimum absolute atomic E-state index is 0.268. The number of anilines is 1. The van der Waals surface area contributed by atoms with Crippen LogP contribution < -0.4 is 5.32 Å². The van der Waals surface area contributed by atoms with E-state index in [2.05, 4.69) is 15.4 Å². The molecule has 0 aromatic carbocycles. The maximum Gasteiger partial charge on any atom is 0.339 e. The van der Waals surface area contributed by atoms with Crippen molar-refractivity contribution in [3.05, 3.63) is 33.8 Å². The number of nitrogens with one attached hydrogen (secondary N) is 2. The third kappa shape index (κ3) is 2.50. The number of aromatic nitrogens is 3. The van der Waals surface area contributed by atoms with Gasteiger partial charge in [0.15, 0.2) is 0 Å². The molecule has 7 heteroatoms. The average Bonchev–Trinajstić information content (AvgIpc) is 3.22. The maximum absolute atomic E-state index is 12.7. The minimum atomic E-state index is -0.430. The summed E-state index contributed by atoms with van der Waals surface area (Å²) in [5, 5.41) is 7.41. The van der Waals surface area contributed by atoms with Gasteiger partial charge >= 0.3 is 5.97 Å². The van der Waals surface area contributed by atoms with E-state index in [1.807, 2.05) is 14.0 Å². The summed E-state index contributed by atoms with van der Waals surface area (Å²) < 4.78 is 6.54. The van der Waals surface area contributed by atoms with Crippen LogP contribution in [0.3, 0.4) is 0 Å². The van der Waals surface area contributed by atoms with Crippen molar-refractivity contribution in [3.8, 4) is 0 Å².